The molecular formula is C6H6ClN5O. The summed E-state index contributed by atoms with van der Waals surface area (Å²) in [5, 5.41) is 12.0. The Labute approximate surface area is 78.0 Å². The Balaban J connectivity index is 2.87. The van der Waals surface area contributed by atoms with Crippen LogP contribution in [-0.4, -0.2) is 15.4 Å². The van der Waals surface area contributed by atoms with Gasteiger partial charge in [-0.15, -0.1) is 10.2 Å². The summed E-state index contributed by atoms with van der Waals surface area (Å²) in [7, 11) is 0. The van der Waals surface area contributed by atoms with Crippen LogP contribution in [0.15, 0.2) is 4.52 Å². The summed E-state index contributed by atoms with van der Waals surface area (Å²) >= 11 is 5.79. The lowest BCUT2D eigenvalue weighted by atomic mass is 10.3. The minimum absolute atomic E-state index is 0.257. The normalized spacial score (nSPS) is 10.7. The smallest absolute Gasteiger partial charge is 0.215 e. The number of fused-ring (bicyclic) bond motifs is 1. The SMILES string of the molecule is Cc1noc2c(NN)nnc(Cl)c12. The Morgan fingerprint density at radius 2 is 2.23 bits per heavy atom. The Morgan fingerprint density at radius 3 is 2.92 bits per heavy atom. The van der Waals surface area contributed by atoms with Crippen LogP contribution in [0.25, 0.3) is 11.0 Å². The van der Waals surface area contributed by atoms with E-state index in [1.807, 2.05) is 0 Å². The number of nitrogens with zero attached hydrogens (tertiary/aromatic N) is 3. The summed E-state index contributed by atoms with van der Waals surface area (Å²) in [6.45, 7) is 1.76. The summed E-state index contributed by atoms with van der Waals surface area (Å²) in [5.41, 5.74) is 3.42. The van der Waals surface area contributed by atoms with Crippen LogP contribution in [0.1, 0.15) is 5.69 Å². The average Bonchev–Trinajstić information content (AvgIpc) is 2.50. The van der Waals surface area contributed by atoms with Gasteiger partial charge in [-0.1, -0.05) is 16.8 Å². The zero-order chi connectivity index (χ0) is 9.42. The van der Waals surface area contributed by atoms with Gasteiger partial charge in [-0.3, -0.25) is 0 Å². The predicted molar refractivity (Wildman–Crippen MR) is 47.2 cm³/mol. The Kier molecular flexibility index (Phi) is 1.78. The van der Waals surface area contributed by atoms with E-state index in [0.29, 0.717) is 22.5 Å². The maximum absolute atomic E-state index is 5.79. The second-order valence-electron chi connectivity index (χ2n) is 2.46. The van der Waals surface area contributed by atoms with E-state index in [1.165, 1.54) is 0 Å². The third kappa shape index (κ3) is 1.11. The molecule has 0 saturated heterocycles. The zero-order valence-corrected chi connectivity index (χ0v) is 7.46. The molecule has 0 atom stereocenters. The lowest BCUT2D eigenvalue weighted by Gasteiger charge is -1.97. The standard InChI is InChI=1S/C6H6ClN5O/c1-2-3-4(13-12-2)6(9-8)11-10-5(3)7/h8H2,1H3,(H,9,11). The fraction of sp³-hybridized carbons (Fsp3) is 0.167. The number of aryl methyl sites for hydroxylation is 1. The lowest BCUT2D eigenvalue weighted by Crippen LogP contribution is -2.09. The average molecular weight is 200 g/mol. The number of hydrogen-bond acceptors (Lipinski definition) is 6. The Morgan fingerprint density at radius 1 is 1.46 bits per heavy atom. The first-order valence-corrected chi connectivity index (χ1v) is 3.86. The summed E-state index contributed by atoms with van der Waals surface area (Å²) in [6, 6.07) is 0. The van der Waals surface area contributed by atoms with Crippen LogP contribution >= 0.6 is 11.6 Å². The minimum atomic E-state index is 0.257. The Bertz CT molecular complexity index is 453. The molecule has 2 aromatic rings. The summed E-state index contributed by atoms with van der Waals surface area (Å²) in [5.74, 6) is 5.51. The molecule has 7 heteroatoms. The third-order valence-corrected chi connectivity index (χ3v) is 1.92. The molecule has 0 amide bonds. The van der Waals surface area contributed by atoms with Gasteiger partial charge >= 0.3 is 0 Å². The number of nitrogen functional groups attached to an aromatic ring is 1. The molecule has 0 fully saturated rings. The highest BCUT2D eigenvalue weighted by Gasteiger charge is 2.14. The molecule has 0 aliphatic heterocycles. The summed E-state index contributed by atoms with van der Waals surface area (Å²) in [4.78, 5) is 0. The monoisotopic (exact) mass is 199 g/mol. The van der Waals surface area contributed by atoms with Crippen LogP contribution < -0.4 is 11.3 Å². The van der Waals surface area contributed by atoms with Crippen molar-refractivity contribution in [1.82, 2.24) is 15.4 Å². The fourth-order valence-corrected chi connectivity index (χ4v) is 1.32. The summed E-state index contributed by atoms with van der Waals surface area (Å²) in [6.07, 6.45) is 0. The molecule has 0 bridgehead atoms. The van der Waals surface area contributed by atoms with Crippen LogP contribution in [0.2, 0.25) is 5.15 Å². The van der Waals surface area contributed by atoms with E-state index in [0.717, 1.165) is 0 Å². The van der Waals surface area contributed by atoms with Gasteiger partial charge in [0.15, 0.2) is 5.15 Å². The molecule has 0 spiro atoms. The van der Waals surface area contributed by atoms with Crippen molar-refractivity contribution in [2.75, 3.05) is 5.43 Å². The topological polar surface area (TPSA) is 89.9 Å². The van der Waals surface area contributed by atoms with E-state index in [2.05, 4.69) is 20.8 Å². The van der Waals surface area contributed by atoms with E-state index in [9.17, 15) is 0 Å². The van der Waals surface area contributed by atoms with Gasteiger partial charge in [0.2, 0.25) is 11.4 Å². The zero-order valence-electron chi connectivity index (χ0n) is 6.71. The number of halogens is 1. The Hall–Kier alpha value is -1.40. The van der Waals surface area contributed by atoms with E-state index in [4.69, 9.17) is 22.0 Å². The van der Waals surface area contributed by atoms with Crippen molar-refractivity contribution < 1.29 is 4.52 Å². The highest BCUT2D eigenvalue weighted by Crippen LogP contribution is 2.27. The molecule has 13 heavy (non-hydrogen) atoms. The maximum Gasteiger partial charge on any atom is 0.215 e. The van der Waals surface area contributed by atoms with Crippen molar-refractivity contribution in [2.24, 2.45) is 5.84 Å². The highest BCUT2D eigenvalue weighted by atomic mass is 35.5. The molecule has 0 aliphatic carbocycles. The molecule has 0 saturated carbocycles. The number of hydrazine groups is 1. The molecule has 2 aromatic heterocycles. The van der Waals surface area contributed by atoms with Crippen molar-refractivity contribution in [3.8, 4) is 0 Å². The van der Waals surface area contributed by atoms with E-state index in [1.54, 1.807) is 6.92 Å². The lowest BCUT2D eigenvalue weighted by molar-refractivity contribution is 0.450. The maximum atomic E-state index is 5.79. The molecule has 0 aliphatic rings. The van der Waals surface area contributed by atoms with Crippen LogP contribution in [0.5, 0.6) is 0 Å². The number of aromatic nitrogens is 3. The number of anilines is 1. The van der Waals surface area contributed by atoms with Gasteiger partial charge in [0.1, 0.15) is 0 Å². The molecule has 2 rings (SSSR count). The predicted octanol–water partition coefficient (Wildman–Crippen LogP) is 0.865. The van der Waals surface area contributed by atoms with Crippen molar-refractivity contribution in [3.05, 3.63) is 10.8 Å². The first kappa shape index (κ1) is 8.21. The van der Waals surface area contributed by atoms with Crippen LogP contribution in [0, 0.1) is 6.92 Å². The molecule has 0 aromatic carbocycles. The van der Waals surface area contributed by atoms with Crippen molar-refractivity contribution in [2.45, 2.75) is 6.92 Å². The van der Waals surface area contributed by atoms with Gasteiger partial charge < -0.3 is 9.95 Å². The number of nitrogens with two attached hydrogens (primary N) is 1. The number of hydrogen-bond donors (Lipinski definition) is 2. The molecule has 3 N–H and O–H groups in total. The van der Waals surface area contributed by atoms with Crippen molar-refractivity contribution >= 4 is 28.4 Å². The fourth-order valence-electron chi connectivity index (χ4n) is 1.06. The molecular weight excluding hydrogens is 194 g/mol. The van der Waals surface area contributed by atoms with Gasteiger partial charge in [0.25, 0.3) is 0 Å². The van der Waals surface area contributed by atoms with Crippen LogP contribution in [0.4, 0.5) is 5.82 Å². The quantitative estimate of drug-likeness (QED) is 0.523. The van der Waals surface area contributed by atoms with Gasteiger partial charge in [0, 0.05) is 0 Å². The van der Waals surface area contributed by atoms with Gasteiger partial charge in [-0.05, 0) is 6.92 Å². The molecule has 0 radical (unpaired) electrons. The molecule has 2 heterocycles. The second kappa shape index (κ2) is 2.82. The van der Waals surface area contributed by atoms with Crippen LogP contribution in [0.3, 0.4) is 0 Å². The highest BCUT2D eigenvalue weighted by molar-refractivity contribution is 6.34. The first-order valence-electron chi connectivity index (χ1n) is 3.49. The van der Waals surface area contributed by atoms with Crippen molar-refractivity contribution in [3.63, 3.8) is 0 Å². The van der Waals surface area contributed by atoms with E-state index < -0.39 is 0 Å². The van der Waals surface area contributed by atoms with E-state index >= 15 is 0 Å². The number of rotatable bonds is 1. The minimum Gasteiger partial charge on any atom is -0.352 e. The molecule has 0 unspecified atom stereocenters. The van der Waals surface area contributed by atoms with Gasteiger partial charge in [-0.2, -0.15) is 0 Å². The third-order valence-electron chi connectivity index (χ3n) is 1.66. The van der Waals surface area contributed by atoms with E-state index in [-0.39, 0.29) is 5.15 Å². The van der Waals surface area contributed by atoms with Crippen LogP contribution in [-0.2, 0) is 0 Å². The molecule has 6 nitrogen and oxygen atoms in total. The van der Waals surface area contributed by atoms with Crippen molar-refractivity contribution in [1.29, 1.82) is 0 Å². The first-order chi connectivity index (χ1) is 6.24. The second-order valence-corrected chi connectivity index (χ2v) is 2.81. The molecule has 68 valence electrons. The largest absolute Gasteiger partial charge is 0.352 e. The summed E-state index contributed by atoms with van der Waals surface area (Å²) < 4.78 is 4.97. The van der Waals surface area contributed by atoms with Gasteiger partial charge in [0.05, 0.1) is 11.1 Å². The van der Waals surface area contributed by atoms with Gasteiger partial charge in [-0.25, -0.2) is 5.84 Å². The number of nitrogens with one attached hydrogen (secondary N) is 1.